The molecule has 1 amide bonds. The summed E-state index contributed by atoms with van der Waals surface area (Å²) >= 11 is 6.53. The first-order chi connectivity index (χ1) is 15.2. The van der Waals surface area contributed by atoms with E-state index in [1.165, 1.54) is 27.3 Å². The summed E-state index contributed by atoms with van der Waals surface area (Å²) in [5.74, 6) is 0.0488. The summed E-state index contributed by atoms with van der Waals surface area (Å²) < 4.78 is 56.1. The molecule has 0 radical (unpaired) electrons. The highest BCUT2D eigenvalue weighted by Crippen LogP contribution is 2.46. The van der Waals surface area contributed by atoms with Crippen LogP contribution in [0, 0.1) is 0 Å². The molecule has 1 aromatic heterocycles. The van der Waals surface area contributed by atoms with Crippen molar-refractivity contribution in [1.29, 1.82) is 0 Å². The maximum absolute atomic E-state index is 13.1. The highest BCUT2D eigenvalue weighted by Gasteiger charge is 2.35. The smallest absolute Gasteiger partial charge is 0.421 e. The lowest BCUT2D eigenvalue weighted by molar-refractivity contribution is -0.137. The van der Waals surface area contributed by atoms with Crippen LogP contribution in [-0.4, -0.2) is 62.2 Å². The van der Waals surface area contributed by atoms with Gasteiger partial charge in [-0.2, -0.15) is 18.2 Å². The van der Waals surface area contributed by atoms with Gasteiger partial charge in [0.2, 0.25) is 12.4 Å². The number of anilines is 3. The van der Waals surface area contributed by atoms with Gasteiger partial charge in [-0.15, -0.1) is 0 Å². The lowest BCUT2D eigenvalue weighted by atomic mass is 10.0. The summed E-state index contributed by atoms with van der Waals surface area (Å²) in [4.78, 5) is 20.4. The van der Waals surface area contributed by atoms with Gasteiger partial charge in [0.25, 0.3) is 0 Å². The van der Waals surface area contributed by atoms with Gasteiger partial charge < -0.3 is 29.7 Å². The molecule has 2 N–H and O–H groups in total. The SMILES string of the molecule is CNc1nc(Nc2cc(OC)c(C3CN(C=O)CCO3)c(OC)c2Cl)ncc1C(F)(F)F. The van der Waals surface area contributed by atoms with Gasteiger partial charge in [-0.3, -0.25) is 4.79 Å². The van der Waals surface area contributed by atoms with Crippen LogP contribution >= 0.6 is 11.6 Å². The molecule has 2 heterocycles. The van der Waals surface area contributed by atoms with Crippen molar-refractivity contribution in [2.75, 3.05) is 51.6 Å². The number of rotatable bonds is 7. The van der Waals surface area contributed by atoms with Gasteiger partial charge in [0, 0.05) is 25.9 Å². The van der Waals surface area contributed by atoms with Crippen molar-refractivity contribution in [2.24, 2.45) is 0 Å². The third-order valence-corrected chi connectivity index (χ3v) is 5.17. The van der Waals surface area contributed by atoms with Crippen molar-refractivity contribution in [2.45, 2.75) is 12.3 Å². The topological polar surface area (TPSA) is 97.8 Å². The van der Waals surface area contributed by atoms with Crippen LogP contribution in [-0.2, 0) is 15.7 Å². The van der Waals surface area contributed by atoms with Crippen molar-refractivity contribution >= 4 is 35.5 Å². The summed E-state index contributed by atoms with van der Waals surface area (Å²) in [6.07, 6.45) is -3.77. The number of carbonyl (C=O) groups is 1. The highest BCUT2D eigenvalue weighted by molar-refractivity contribution is 6.35. The van der Waals surface area contributed by atoms with E-state index in [-0.39, 0.29) is 29.0 Å². The molecule has 32 heavy (non-hydrogen) atoms. The molecule has 1 unspecified atom stereocenters. The average Bonchev–Trinajstić information content (AvgIpc) is 2.79. The summed E-state index contributed by atoms with van der Waals surface area (Å²) in [7, 11) is 4.16. The number of alkyl halides is 3. The monoisotopic (exact) mass is 475 g/mol. The molecular formula is C19H21ClF3N5O4. The molecule has 13 heteroatoms. The lowest BCUT2D eigenvalue weighted by Gasteiger charge is -2.32. The summed E-state index contributed by atoms with van der Waals surface area (Å²) in [6.45, 7) is 1.05. The molecule has 1 aromatic carbocycles. The van der Waals surface area contributed by atoms with Crippen molar-refractivity contribution in [1.82, 2.24) is 14.9 Å². The van der Waals surface area contributed by atoms with E-state index in [1.54, 1.807) is 4.90 Å². The number of carbonyl (C=O) groups excluding carboxylic acids is 1. The Morgan fingerprint density at radius 2 is 2.09 bits per heavy atom. The van der Waals surface area contributed by atoms with E-state index >= 15 is 0 Å². The predicted molar refractivity (Wildman–Crippen MR) is 111 cm³/mol. The Morgan fingerprint density at radius 3 is 2.69 bits per heavy atom. The first-order valence-electron chi connectivity index (χ1n) is 9.37. The fourth-order valence-electron chi connectivity index (χ4n) is 3.29. The van der Waals surface area contributed by atoms with Crippen LogP contribution in [0.3, 0.4) is 0 Å². The zero-order valence-electron chi connectivity index (χ0n) is 17.4. The number of aromatic nitrogens is 2. The average molecular weight is 476 g/mol. The fraction of sp³-hybridized carbons (Fsp3) is 0.421. The molecule has 174 valence electrons. The summed E-state index contributed by atoms with van der Waals surface area (Å²) in [5, 5.41) is 5.32. The Hall–Kier alpha value is -2.99. The van der Waals surface area contributed by atoms with E-state index in [4.69, 9.17) is 25.8 Å². The van der Waals surface area contributed by atoms with Crippen molar-refractivity contribution in [3.63, 3.8) is 0 Å². The molecule has 3 rings (SSSR count). The Kier molecular flexibility index (Phi) is 7.14. The van der Waals surface area contributed by atoms with Crippen LogP contribution in [0.1, 0.15) is 17.2 Å². The van der Waals surface area contributed by atoms with Crippen LogP contribution in [0.4, 0.5) is 30.6 Å². The van der Waals surface area contributed by atoms with E-state index < -0.39 is 23.7 Å². The Balaban J connectivity index is 2.01. The van der Waals surface area contributed by atoms with Gasteiger partial charge in [-0.25, -0.2) is 4.98 Å². The normalized spacial score (nSPS) is 16.5. The largest absolute Gasteiger partial charge is 0.496 e. The minimum absolute atomic E-state index is 0.115. The first kappa shape index (κ1) is 23.7. The van der Waals surface area contributed by atoms with Gasteiger partial charge in [-0.1, -0.05) is 11.6 Å². The molecule has 1 saturated heterocycles. The molecule has 0 aliphatic carbocycles. The highest BCUT2D eigenvalue weighted by atomic mass is 35.5. The molecule has 9 nitrogen and oxygen atoms in total. The van der Waals surface area contributed by atoms with E-state index in [0.717, 1.165) is 6.41 Å². The maximum atomic E-state index is 13.1. The van der Waals surface area contributed by atoms with E-state index in [2.05, 4.69) is 20.6 Å². The molecule has 0 saturated carbocycles. The predicted octanol–water partition coefficient (Wildman–Crippen LogP) is 3.48. The van der Waals surface area contributed by atoms with Crippen molar-refractivity contribution < 1.29 is 32.2 Å². The number of morpholine rings is 1. The van der Waals surface area contributed by atoms with Gasteiger partial charge in [0.1, 0.15) is 34.0 Å². The first-order valence-corrected chi connectivity index (χ1v) is 9.75. The van der Waals surface area contributed by atoms with Crippen LogP contribution in [0.25, 0.3) is 0 Å². The Labute approximate surface area is 186 Å². The van der Waals surface area contributed by atoms with Crippen LogP contribution < -0.4 is 20.1 Å². The van der Waals surface area contributed by atoms with E-state index in [9.17, 15) is 18.0 Å². The van der Waals surface area contributed by atoms with Crippen LogP contribution in [0.15, 0.2) is 12.3 Å². The zero-order valence-corrected chi connectivity index (χ0v) is 18.2. The maximum Gasteiger partial charge on any atom is 0.421 e. The molecule has 0 spiro atoms. The number of hydrogen-bond donors (Lipinski definition) is 2. The van der Waals surface area contributed by atoms with E-state index in [1.807, 2.05) is 0 Å². The molecule has 2 aromatic rings. The third-order valence-electron chi connectivity index (χ3n) is 4.79. The second kappa shape index (κ2) is 9.65. The van der Waals surface area contributed by atoms with Gasteiger partial charge in [0.05, 0.1) is 38.6 Å². The van der Waals surface area contributed by atoms with Gasteiger partial charge in [0.15, 0.2) is 0 Å². The molecule has 1 aliphatic heterocycles. The zero-order chi connectivity index (χ0) is 23.5. The van der Waals surface area contributed by atoms with E-state index in [0.29, 0.717) is 30.7 Å². The van der Waals surface area contributed by atoms with Crippen LogP contribution in [0.5, 0.6) is 11.5 Å². The number of benzene rings is 1. The molecular weight excluding hydrogens is 455 g/mol. The number of nitrogens with one attached hydrogen (secondary N) is 2. The molecule has 0 bridgehead atoms. The van der Waals surface area contributed by atoms with Gasteiger partial charge in [-0.05, 0) is 0 Å². The number of methoxy groups -OCH3 is 2. The third kappa shape index (κ3) is 4.75. The minimum Gasteiger partial charge on any atom is -0.496 e. The van der Waals surface area contributed by atoms with Crippen LogP contribution in [0.2, 0.25) is 5.02 Å². The molecule has 1 fully saturated rings. The number of nitrogens with zero attached hydrogens (tertiary/aromatic N) is 3. The molecule has 1 atom stereocenters. The van der Waals surface area contributed by atoms with Crippen molar-refractivity contribution in [3.8, 4) is 11.5 Å². The minimum atomic E-state index is -4.61. The van der Waals surface area contributed by atoms with Gasteiger partial charge >= 0.3 is 6.18 Å². The summed E-state index contributed by atoms with van der Waals surface area (Å²) in [5.41, 5.74) is -0.258. The number of halogens is 4. The quantitative estimate of drug-likeness (QED) is 0.587. The Morgan fingerprint density at radius 1 is 1.34 bits per heavy atom. The standard InChI is InChI=1S/C19H21ClF3N5O4/c1-24-17-10(19(21,22)23)7-25-18(27-17)26-11-6-12(30-2)14(16(31-3)15(11)20)13-8-28(9-29)4-5-32-13/h6-7,9,13H,4-5,8H2,1-3H3,(H2,24,25,26,27). The second-order valence-electron chi connectivity index (χ2n) is 6.68. The molecule has 1 aliphatic rings. The fourth-order valence-corrected chi connectivity index (χ4v) is 3.57. The Bertz CT molecular complexity index is 992. The lowest BCUT2D eigenvalue weighted by Crippen LogP contribution is -2.37. The summed E-state index contributed by atoms with van der Waals surface area (Å²) in [6, 6.07) is 1.53. The second-order valence-corrected chi connectivity index (χ2v) is 7.05. The number of amides is 1. The number of ether oxygens (including phenoxy) is 3. The van der Waals surface area contributed by atoms with Crippen molar-refractivity contribution in [3.05, 3.63) is 28.4 Å². The number of hydrogen-bond acceptors (Lipinski definition) is 8.